The van der Waals surface area contributed by atoms with Crippen LogP contribution in [0, 0.1) is 21.8 Å². The van der Waals surface area contributed by atoms with Gasteiger partial charge in [0.1, 0.15) is 11.5 Å². The van der Waals surface area contributed by atoms with Crippen molar-refractivity contribution in [3.05, 3.63) is 64.0 Å². The van der Waals surface area contributed by atoms with Gasteiger partial charge in [-0.15, -0.1) is 0 Å². The Kier molecular flexibility index (Phi) is 7.65. The Hall–Kier alpha value is -3.05. The molecule has 11 heteroatoms. The summed E-state index contributed by atoms with van der Waals surface area (Å²) in [6.07, 6.45) is 1.96. The molecule has 2 aromatic rings. The molecule has 1 amide bonds. The van der Waals surface area contributed by atoms with Crippen molar-refractivity contribution < 1.29 is 22.5 Å². The molecule has 0 heterocycles. The van der Waals surface area contributed by atoms with Crippen LogP contribution in [0.3, 0.4) is 0 Å². The third kappa shape index (κ3) is 6.05. The maximum absolute atomic E-state index is 13.1. The molecule has 0 aromatic heterocycles. The molecule has 1 saturated carbocycles. The van der Waals surface area contributed by atoms with Crippen LogP contribution < -0.4 is 15.4 Å². The first kappa shape index (κ1) is 24.6. The van der Waals surface area contributed by atoms with Crippen LogP contribution in [0.5, 0.6) is 0 Å². The standard InChI is InChI=1S/C22H27FN4O5S/c1-14(15-3-7-17(23)8-4-15)25-22(28)16-5-9-18(10-6-16)26-33(31,32)19-11-12-20(24-2)21(13-19)27(29)30/h3-4,7-8,11-14,16,18,24,26H,5-6,9-10H2,1-2H3,(H,25,28)/t14-,16?,18?/m1/s1. The summed E-state index contributed by atoms with van der Waals surface area (Å²) in [5.41, 5.74) is 0.695. The van der Waals surface area contributed by atoms with E-state index in [1.807, 2.05) is 6.92 Å². The SMILES string of the molecule is CNc1ccc(S(=O)(=O)NC2CCC(C(=O)N[C@H](C)c3ccc(F)cc3)CC2)cc1[N+](=O)[O-]. The summed E-state index contributed by atoms with van der Waals surface area (Å²) in [4.78, 5) is 23.0. The fraction of sp³-hybridized carbons (Fsp3) is 0.409. The Morgan fingerprint density at radius 1 is 1.12 bits per heavy atom. The van der Waals surface area contributed by atoms with Gasteiger partial charge in [-0.1, -0.05) is 12.1 Å². The highest BCUT2D eigenvalue weighted by Crippen LogP contribution is 2.29. The van der Waals surface area contributed by atoms with Gasteiger partial charge in [-0.05, 0) is 62.4 Å². The summed E-state index contributed by atoms with van der Waals surface area (Å²) < 4.78 is 41.2. The van der Waals surface area contributed by atoms with Crippen LogP contribution >= 0.6 is 0 Å². The minimum Gasteiger partial charge on any atom is -0.383 e. The summed E-state index contributed by atoms with van der Waals surface area (Å²) >= 11 is 0. The first-order valence-corrected chi connectivity index (χ1v) is 12.1. The van der Waals surface area contributed by atoms with Gasteiger partial charge in [0.25, 0.3) is 5.69 Å². The van der Waals surface area contributed by atoms with E-state index in [9.17, 15) is 27.7 Å². The van der Waals surface area contributed by atoms with Gasteiger partial charge in [-0.3, -0.25) is 14.9 Å². The average Bonchev–Trinajstić information content (AvgIpc) is 2.79. The van der Waals surface area contributed by atoms with Gasteiger partial charge < -0.3 is 10.6 Å². The molecule has 9 nitrogen and oxygen atoms in total. The van der Waals surface area contributed by atoms with E-state index in [0.717, 1.165) is 11.6 Å². The summed E-state index contributed by atoms with van der Waals surface area (Å²) in [5, 5.41) is 16.8. The molecule has 2 aromatic carbocycles. The molecular weight excluding hydrogens is 451 g/mol. The van der Waals surface area contributed by atoms with Crippen LogP contribution in [0.4, 0.5) is 15.8 Å². The van der Waals surface area contributed by atoms with Gasteiger partial charge in [0, 0.05) is 25.1 Å². The number of nitro benzene ring substituents is 1. The van der Waals surface area contributed by atoms with E-state index < -0.39 is 14.9 Å². The lowest BCUT2D eigenvalue weighted by Gasteiger charge is -2.29. The predicted molar refractivity (Wildman–Crippen MR) is 122 cm³/mol. The highest BCUT2D eigenvalue weighted by molar-refractivity contribution is 7.89. The predicted octanol–water partition coefficient (Wildman–Crippen LogP) is 3.49. The number of benzene rings is 2. The average molecular weight is 479 g/mol. The first-order chi connectivity index (χ1) is 15.6. The Morgan fingerprint density at radius 2 is 1.76 bits per heavy atom. The van der Waals surface area contributed by atoms with Crippen molar-refractivity contribution in [2.75, 3.05) is 12.4 Å². The Balaban J connectivity index is 1.57. The number of hydrogen-bond donors (Lipinski definition) is 3. The second-order valence-electron chi connectivity index (χ2n) is 8.14. The third-order valence-corrected chi connectivity index (χ3v) is 7.41. The second kappa shape index (κ2) is 10.3. The number of hydrogen-bond acceptors (Lipinski definition) is 6. The number of sulfonamides is 1. The van der Waals surface area contributed by atoms with Crippen LogP contribution in [0.2, 0.25) is 0 Å². The number of nitrogens with one attached hydrogen (secondary N) is 3. The number of nitro groups is 1. The molecule has 1 aliphatic carbocycles. The van der Waals surface area contributed by atoms with Crippen molar-refractivity contribution in [3.63, 3.8) is 0 Å². The highest BCUT2D eigenvalue weighted by atomic mass is 32.2. The summed E-state index contributed by atoms with van der Waals surface area (Å²) in [7, 11) is -2.43. The van der Waals surface area contributed by atoms with Gasteiger partial charge in [-0.2, -0.15) is 0 Å². The molecule has 3 N–H and O–H groups in total. The molecular formula is C22H27FN4O5S. The fourth-order valence-corrected chi connectivity index (χ4v) is 5.29. The highest BCUT2D eigenvalue weighted by Gasteiger charge is 2.30. The number of carbonyl (C=O) groups excluding carboxylic acids is 1. The fourth-order valence-electron chi connectivity index (χ4n) is 3.97. The van der Waals surface area contributed by atoms with E-state index in [2.05, 4.69) is 15.4 Å². The second-order valence-corrected chi connectivity index (χ2v) is 9.85. The van der Waals surface area contributed by atoms with Crippen LogP contribution in [0.25, 0.3) is 0 Å². The Labute approximate surface area is 192 Å². The number of anilines is 1. The molecule has 33 heavy (non-hydrogen) atoms. The van der Waals surface area contributed by atoms with Gasteiger partial charge >= 0.3 is 0 Å². The number of carbonyl (C=O) groups is 1. The smallest absolute Gasteiger partial charge is 0.293 e. The van der Waals surface area contributed by atoms with Crippen LogP contribution in [0.1, 0.15) is 44.2 Å². The number of rotatable bonds is 8. The van der Waals surface area contributed by atoms with Gasteiger partial charge in [-0.25, -0.2) is 17.5 Å². The van der Waals surface area contributed by atoms with Crippen LogP contribution in [-0.2, 0) is 14.8 Å². The summed E-state index contributed by atoms with van der Waals surface area (Å²) in [5.74, 6) is -0.707. The normalized spacial score (nSPS) is 19.5. The van der Waals surface area contributed by atoms with Crippen molar-refractivity contribution in [2.45, 2.75) is 49.6 Å². The van der Waals surface area contributed by atoms with E-state index in [1.165, 1.54) is 31.3 Å². The van der Waals surface area contributed by atoms with Crippen LogP contribution in [0.15, 0.2) is 47.4 Å². The molecule has 3 rings (SSSR count). The van der Waals surface area contributed by atoms with E-state index in [4.69, 9.17) is 0 Å². The van der Waals surface area contributed by atoms with Crippen molar-refractivity contribution in [1.82, 2.24) is 10.0 Å². The maximum Gasteiger partial charge on any atom is 0.293 e. The van der Waals surface area contributed by atoms with E-state index >= 15 is 0 Å². The third-order valence-electron chi connectivity index (χ3n) is 5.89. The lowest BCUT2D eigenvalue weighted by atomic mass is 9.85. The van der Waals surface area contributed by atoms with Gasteiger partial charge in [0.05, 0.1) is 15.9 Å². The Bertz CT molecular complexity index is 1120. The van der Waals surface area contributed by atoms with Crippen molar-refractivity contribution >= 4 is 27.3 Å². The molecule has 0 saturated heterocycles. The van der Waals surface area contributed by atoms with E-state index in [-0.39, 0.29) is 46.0 Å². The zero-order valence-electron chi connectivity index (χ0n) is 18.4. The lowest BCUT2D eigenvalue weighted by molar-refractivity contribution is -0.384. The maximum atomic E-state index is 13.1. The van der Waals surface area contributed by atoms with Crippen molar-refractivity contribution in [1.29, 1.82) is 0 Å². The molecule has 1 aliphatic rings. The molecule has 1 fully saturated rings. The largest absolute Gasteiger partial charge is 0.383 e. The first-order valence-electron chi connectivity index (χ1n) is 10.6. The molecule has 178 valence electrons. The molecule has 0 aliphatic heterocycles. The molecule has 0 unspecified atom stereocenters. The minimum atomic E-state index is -3.95. The van der Waals surface area contributed by atoms with E-state index in [1.54, 1.807) is 12.1 Å². The lowest BCUT2D eigenvalue weighted by Crippen LogP contribution is -2.41. The van der Waals surface area contributed by atoms with Gasteiger partial charge in [0.2, 0.25) is 15.9 Å². The summed E-state index contributed by atoms with van der Waals surface area (Å²) in [6, 6.07) is 9.00. The quantitative estimate of drug-likeness (QED) is 0.393. The number of nitrogens with zero attached hydrogens (tertiary/aromatic N) is 1. The molecule has 0 radical (unpaired) electrons. The van der Waals surface area contributed by atoms with Crippen molar-refractivity contribution in [3.8, 4) is 0 Å². The van der Waals surface area contributed by atoms with Gasteiger partial charge in [0.15, 0.2) is 0 Å². The van der Waals surface area contributed by atoms with Crippen LogP contribution in [-0.4, -0.2) is 32.3 Å². The monoisotopic (exact) mass is 478 g/mol. The molecule has 1 atom stereocenters. The number of halogens is 1. The summed E-state index contributed by atoms with van der Waals surface area (Å²) in [6.45, 7) is 1.82. The topological polar surface area (TPSA) is 130 Å². The molecule has 0 bridgehead atoms. The zero-order valence-corrected chi connectivity index (χ0v) is 19.2. The molecule has 0 spiro atoms. The minimum absolute atomic E-state index is 0.119. The van der Waals surface area contributed by atoms with E-state index in [0.29, 0.717) is 25.7 Å². The van der Waals surface area contributed by atoms with Crippen molar-refractivity contribution in [2.24, 2.45) is 5.92 Å². The Morgan fingerprint density at radius 3 is 2.33 bits per heavy atom. The zero-order chi connectivity index (χ0) is 24.2. The number of amides is 1.